The lowest BCUT2D eigenvalue weighted by Crippen LogP contribution is -2.42. The van der Waals surface area contributed by atoms with Gasteiger partial charge in [-0.3, -0.25) is 9.48 Å². The molecule has 2 rings (SSSR count). The van der Waals surface area contributed by atoms with E-state index in [9.17, 15) is 14.7 Å². The zero-order valence-electron chi connectivity index (χ0n) is 12.6. The van der Waals surface area contributed by atoms with Gasteiger partial charge < -0.3 is 10.4 Å². The molecule has 0 saturated carbocycles. The molecule has 0 spiro atoms. The van der Waals surface area contributed by atoms with Crippen molar-refractivity contribution < 1.29 is 14.7 Å². The van der Waals surface area contributed by atoms with E-state index in [1.165, 1.54) is 0 Å². The van der Waals surface area contributed by atoms with Crippen LogP contribution >= 0.6 is 0 Å². The largest absolute Gasteiger partial charge is 0.480 e. The summed E-state index contributed by atoms with van der Waals surface area (Å²) in [4.78, 5) is 23.5. The van der Waals surface area contributed by atoms with Crippen molar-refractivity contribution in [3.63, 3.8) is 0 Å². The van der Waals surface area contributed by atoms with E-state index in [4.69, 9.17) is 0 Å². The molecule has 116 valence electrons. The lowest BCUT2D eigenvalue weighted by atomic mass is 10.1. The van der Waals surface area contributed by atoms with Gasteiger partial charge in [0.2, 0.25) is 0 Å². The Morgan fingerprint density at radius 1 is 1.23 bits per heavy atom. The third-order valence-corrected chi connectivity index (χ3v) is 3.26. The van der Waals surface area contributed by atoms with Gasteiger partial charge in [0.1, 0.15) is 11.7 Å². The lowest BCUT2D eigenvalue weighted by molar-refractivity contribution is -0.139. The smallest absolute Gasteiger partial charge is 0.326 e. The van der Waals surface area contributed by atoms with E-state index in [0.29, 0.717) is 0 Å². The van der Waals surface area contributed by atoms with E-state index in [1.54, 1.807) is 16.9 Å². The van der Waals surface area contributed by atoms with Gasteiger partial charge in [-0.2, -0.15) is 5.10 Å². The minimum Gasteiger partial charge on any atom is -0.480 e. The summed E-state index contributed by atoms with van der Waals surface area (Å²) in [5, 5.41) is 15.9. The normalized spacial score (nSPS) is 12.1. The van der Waals surface area contributed by atoms with Crippen LogP contribution in [0.3, 0.4) is 0 Å². The third-order valence-electron chi connectivity index (χ3n) is 3.26. The molecule has 1 atom stereocenters. The van der Waals surface area contributed by atoms with Crippen molar-refractivity contribution in [1.82, 2.24) is 15.1 Å². The molecule has 1 aromatic carbocycles. The molecule has 0 unspecified atom stereocenters. The van der Waals surface area contributed by atoms with Crippen molar-refractivity contribution in [2.75, 3.05) is 0 Å². The van der Waals surface area contributed by atoms with Gasteiger partial charge >= 0.3 is 5.97 Å². The molecule has 2 N–H and O–H groups in total. The second kappa shape index (κ2) is 6.89. The first-order chi connectivity index (χ1) is 10.5. The van der Waals surface area contributed by atoms with Gasteiger partial charge in [-0.15, -0.1) is 0 Å². The Balaban J connectivity index is 2.07. The number of hydrogen-bond donors (Lipinski definition) is 2. The van der Waals surface area contributed by atoms with Gasteiger partial charge in [0, 0.05) is 18.7 Å². The van der Waals surface area contributed by atoms with Crippen molar-refractivity contribution in [3.05, 3.63) is 53.9 Å². The molecule has 1 amide bonds. The maximum atomic E-state index is 12.1. The Bertz CT molecular complexity index is 650. The standard InChI is InChI=1S/C16H19N3O3/c1-11(2)19-9-8-13(18-19)15(20)17-14(16(21)22)10-12-6-4-3-5-7-12/h3-9,11,14H,10H2,1-2H3,(H,17,20)(H,21,22)/t14-/m1/s1. The maximum absolute atomic E-state index is 12.1. The summed E-state index contributed by atoms with van der Waals surface area (Å²) in [6.45, 7) is 3.90. The second-order valence-electron chi connectivity index (χ2n) is 5.33. The molecule has 6 heteroatoms. The van der Waals surface area contributed by atoms with Crippen molar-refractivity contribution in [3.8, 4) is 0 Å². The van der Waals surface area contributed by atoms with E-state index in [0.717, 1.165) is 5.56 Å². The highest BCUT2D eigenvalue weighted by atomic mass is 16.4. The maximum Gasteiger partial charge on any atom is 0.326 e. The number of carbonyl (C=O) groups excluding carboxylic acids is 1. The molecule has 6 nitrogen and oxygen atoms in total. The highest BCUT2D eigenvalue weighted by molar-refractivity contribution is 5.94. The summed E-state index contributed by atoms with van der Waals surface area (Å²) in [5.74, 6) is -1.55. The van der Waals surface area contributed by atoms with E-state index in [2.05, 4.69) is 10.4 Å². The SMILES string of the molecule is CC(C)n1ccc(C(=O)N[C@H](Cc2ccccc2)C(=O)O)n1. The average Bonchev–Trinajstić information content (AvgIpc) is 2.97. The fourth-order valence-electron chi connectivity index (χ4n) is 2.03. The molecular formula is C16H19N3O3. The van der Waals surface area contributed by atoms with Gasteiger partial charge in [-0.05, 0) is 25.5 Å². The average molecular weight is 301 g/mol. The summed E-state index contributed by atoms with van der Waals surface area (Å²) >= 11 is 0. The first kappa shape index (κ1) is 15.8. The molecule has 1 heterocycles. The molecule has 0 fully saturated rings. The van der Waals surface area contributed by atoms with Gasteiger partial charge in [0.15, 0.2) is 0 Å². The predicted octanol–water partition coefficient (Wildman–Crippen LogP) is 1.89. The van der Waals surface area contributed by atoms with Crippen LogP contribution in [0.25, 0.3) is 0 Å². The molecule has 0 saturated heterocycles. The van der Waals surface area contributed by atoms with E-state index in [1.807, 2.05) is 44.2 Å². The van der Waals surface area contributed by atoms with Crippen LogP contribution in [0.4, 0.5) is 0 Å². The quantitative estimate of drug-likeness (QED) is 0.853. The van der Waals surface area contributed by atoms with Crippen LogP contribution < -0.4 is 5.32 Å². The number of benzene rings is 1. The summed E-state index contributed by atoms with van der Waals surface area (Å²) < 4.78 is 1.65. The van der Waals surface area contributed by atoms with Crippen molar-refractivity contribution in [1.29, 1.82) is 0 Å². The van der Waals surface area contributed by atoms with Crippen molar-refractivity contribution >= 4 is 11.9 Å². The van der Waals surface area contributed by atoms with E-state index >= 15 is 0 Å². The first-order valence-electron chi connectivity index (χ1n) is 7.10. The number of aliphatic carboxylic acids is 1. The Morgan fingerprint density at radius 3 is 2.45 bits per heavy atom. The molecule has 0 aliphatic heterocycles. The molecule has 0 aliphatic carbocycles. The lowest BCUT2D eigenvalue weighted by Gasteiger charge is -2.13. The Kier molecular flexibility index (Phi) is 4.93. The van der Waals surface area contributed by atoms with Crippen LogP contribution in [-0.2, 0) is 11.2 Å². The van der Waals surface area contributed by atoms with Gasteiger partial charge in [0.05, 0.1) is 0 Å². The summed E-state index contributed by atoms with van der Waals surface area (Å²) in [7, 11) is 0. The number of aromatic nitrogens is 2. The number of rotatable bonds is 6. The first-order valence-corrected chi connectivity index (χ1v) is 7.10. The van der Waals surface area contributed by atoms with Gasteiger partial charge in [-0.25, -0.2) is 4.79 Å². The van der Waals surface area contributed by atoms with Crippen LogP contribution in [0.2, 0.25) is 0 Å². The molecule has 0 radical (unpaired) electrons. The minimum absolute atomic E-state index is 0.140. The number of carbonyl (C=O) groups is 2. The van der Waals surface area contributed by atoms with E-state index in [-0.39, 0.29) is 18.2 Å². The molecule has 22 heavy (non-hydrogen) atoms. The zero-order valence-corrected chi connectivity index (χ0v) is 12.6. The van der Waals surface area contributed by atoms with Crippen LogP contribution in [0.5, 0.6) is 0 Å². The molecule has 0 aliphatic rings. The van der Waals surface area contributed by atoms with Crippen LogP contribution in [-0.4, -0.2) is 32.8 Å². The number of amides is 1. The number of carboxylic acids is 1. The van der Waals surface area contributed by atoms with E-state index < -0.39 is 17.9 Å². The van der Waals surface area contributed by atoms with Crippen LogP contribution in [0.1, 0.15) is 35.9 Å². The fraction of sp³-hybridized carbons (Fsp3) is 0.312. The summed E-state index contributed by atoms with van der Waals surface area (Å²) in [6.07, 6.45) is 1.93. The van der Waals surface area contributed by atoms with Crippen LogP contribution in [0, 0.1) is 0 Å². The van der Waals surface area contributed by atoms with Crippen molar-refractivity contribution in [2.24, 2.45) is 0 Å². The summed E-state index contributed by atoms with van der Waals surface area (Å²) in [5.41, 5.74) is 1.07. The monoisotopic (exact) mass is 301 g/mol. The highest BCUT2D eigenvalue weighted by Crippen LogP contribution is 2.07. The Labute approximate surface area is 128 Å². The third kappa shape index (κ3) is 3.94. The topological polar surface area (TPSA) is 84.2 Å². The van der Waals surface area contributed by atoms with Crippen LogP contribution in [0.15, 0.2) is 42.6 Å². The minimum atomic E-state index is -1.07. The number of nitrogens with zero attached hydrogens (tertiary/aromatic N) is 2. The molecule has 0 bridgehead atoms. The highest BCUT2D eigenvalue weighted by Gasteiger charge is 2.22. The van der Waals surface area contributed by atoms with Crippen molar-refractivity contribution in [2.45, 2.75) is 32.4 Å². The fourth-order valence-corrected chi connectivity index (χ4v) is 2.03. The molecular weight excluding hydrogens is 282 g/mol. The zero-order chi connectivity index (χ0) is 16.1. The molecule has 1 aromatic heterocycles. The Hall–Kier alpha value is -2.63. The van der Waals surface area contributed by atoms with Gasteiger partial charge in [0.25, 0.3) is 5.91 Å². The number of nitrogens with one attached hydrogen (secondary N) is 1. The number of carboxylic acid groups (broad SMARTS) is 1. The predicted molar refractivity (Wildman–Crippen MR) is 81.6 cm³/mol. The van der Waals surface area contributed by atoms with Gasteiger partial charge in [-0.1, -0.05) is 30.3 Å². The summed E-state index contributed by atoms with van der Waals surface area (Å²) in [6, 6.07) is 9.92. The molecule has 2 aromatic rings. The number of hydrogen-bond acceptors (Lipinski definition) is 3. The Morgan fingerprint density at radius 2 is 1.91 bits per heavy atom. The second-order valence-corrected chi connectivity index (χ2v) is 5.33.